The number of benzene rings is 1. The zero-order valence-electron chi connectivity index (χ0n) is 10.6. The van der Waals surface area contributed by atoms with E-state index in [2.05, 4.69) is 5.32 Å². The molecule has 3 rings (SSSR count). The van der Waals surface area contributed by atoms with Crippen LogP contribution in [0.4, 0.5) is 4.39 Å². The predicted molar refractivity (Wildman–Crippen MR) is 73.7 cm³/mol. The molecule has 2 aliphatic rings. The van der Waals surface area contributed by atoms with E-state index in [1.165, 1.54) is 12.1 Å². The summed E-state index contributed by atoms with van der Waals surface area (Å²) in [5.74, 6) is 0.224. The van der Waals surface area contributed by atoms with Crippen molar-refractivity contribution < 1.29 is 9.18 Å². The van der Waals surface area contributed by atoms with Gasteiger partial charge in [0.1, 0.15) is 5.82 Å². The van der Waals surface area contributed by atoms with Crippen molar-refractivity contribution in [2.24, 2.45) is 5.92 Å². The Labute approximate surface area is 118 Å². The molecule has 19 heavy (non-hydrogen) atoms. The Morgan fingerprint density at radius 3 is 2.84 bits per heavy atom. The van der Waals surface area contributed by atoms with Crippen molar-refractivity contribution in [2.45, 2.75) is 18.9 Å². The first-order valence-electron chi connectivity index (χ1n) is 6.52. The molecule has 1 atom stereocenters. The molecule has 1 heterocycles. The molecule has 1 aromatic carbocycles. The summed E-state index contributed by atoms with van der Waals surface area (Å²) in [7, 11) is 0. The predicted octanol–water partition coefficient (Wildman–Crippen LogP) is 2.13. The summed E-state index contributed by atoms with van der Waals surface area (Å²) in [6.45, 7) is 2.25. The third-order valence-electron chi connectivity index (χ3n) is 3.69. The van der Waals surface area contributed by atoms with Gasteiger partial charge in [-0.05, 0) is 30.5 Å². The van der Waals surface area contributed by atoms with Crippen LogP contribution >= 0.6 is 12.4 Å². The van der Waals surface area contributed by atoms with Gasteiger partial charge in [0.2, 0.25) is 5.91 Å². The number of nitrogens with one attached hydrogen (secondary N) is 1. The Bertz CT molecular complexity index is 465. The number of carbonyl (C=O) groups is 1. The molecule has 1 unspecified atom stereocenters. The lowest BCUT2D eigenvalue weighted by atomic mass is 10.0. The van der Waals surface area contributed by atoms with Gasteiger partial charge in [-0.3, -0.25) is 4.79 Å². The number of hydrogen-bond acceptors (Lipinski definition) is 2. The van der Waals surface area contributed by atoms with Crippen LogP contribution in [-0.4, -0.2) is 30.4 Å². The number of rotatable bonds is 2. The largest absolute Gasteiger partial charge is 0.333 e. The smallest absolute Gasteiger partial charge is 0.226 e. The quantitative estimate of drug-likeness (QED) is 0.902. The van der Waals surface area contributed by atoms with E-state index in [0.717, 1.165) is 31.5 Å². The zero-order chi connectivity index (χ0) is 12.5. The summed E-state index contributed by atoms with van der Waals surface area (Å²) in [6.07, 6.45) is 2.03. The fourth-order valence-corrected chi connectivity index (χ4v) is 2.54. The van der Waals surface area contributed by atoms with Crippen molar-refractivity contribution in [1.29, 1.82) is 0 Å². The molecule has 0 spiro atoms. The average Bonchev–Trinajstić information content (AvgIpc) is 3.22. The van der Waals surface area contributed by atoms with Gasteiger partial charge in [-0.25, -0.2) is 4.39 Å². The van der Waals surface area contributed by atoms with Crippen LogP contribution in [0.1, 0.15) is 24.4 Å². The van der Waals surface area contributed by atoms with E-state index in [1.807, 2.05) is 11.0 Å². The van der Waals surface area contributed by atoms with Gasteiger partial charge in [-0.15, -0.1) is 12.4 Å². The minimum atomic E-state index is -0.239. The van der Waals surface area contributed by atoms with Crippen LogP contribution in [0.15, 0.2) is 24.3 Å². The number of nitrogens with zero attached hydrogens (tertiary/aromatic N) is 1. The van der Waals surface area contributed by atoms with Crippen molar-refractivity contribution in [3.63, 3.8) is 0 Å². The second kappa shape index (κ2) is 5.88. The van der Waals surface area contributed by atoms with Gasteiger partial charge in [0.05, 0.1) is 6.04 Å². The van der Waals surface area contributed by atoms with Gasteiger partial charge in [0.25, 0.3) is 0 Å². The zero-order valence-corrected chi connectivity index (χ0v) is 11.5. The highest BCUT2D eigenvalue weighted by atomic mass is 35.5. The summed E-state index contributed by atoms with van der Waals surface area (Å²) in [5.41, 5.74) is 0.885. The van der Waals surface area contributed by atoms with Gasteiger partial charge in [0.15, 0.2) is 0 Å². The molecule has 0 bridgehead atoms. The van der Waals surface area contributed by atoms with Gasteiger partial charge in [-0.2, -0.15) is 0 Å². The molecule has 2 fully saturated rings. The Balaban J connectivity index is 0.00000133. The van der Waals surface area contributed by atoms with Gasteiger partial charge in [0, 0.05) is 25.6 Å². The summed E-state index contributed by atoms with van der Waals surface area (Å²) >= 11 is 0. The van der Waals surface area contributed by atoms with Crippen molar-refractivity contribution in [3.05, 3.63) is 35.6 Å². The maximum atomic E-state index is 13.3. The minimum absolute atomic E-state index is 0. The lowest BCUT2D eigenvalue weighted by Gasteiger charge is -2.36. The Hall–Kier alpha value is -1.13. The highest BCUT2D eigenvalue weighted by Gasteiger charge is 2.37. The topological polar surface area (TPSA) is 32.3 Å². The summed E-state index contributed by atoms with van der Waals surface area (Å²) in [6, 6.07) is 6.55. The van der Waals surface area contributed by atoms with Gasteiger partial charge in [-0.1, -0.05) is 12.1 Å². The monoisotopic (exact) mass is 284 g/mol. The number of carbonyl (C=O) groups excluding carboxylic acids is 1. The lowest BCUT2D eigenvalue weighted by molar-refractivity contribution is -0.135. The number of halogens is 2. The van der Waals surface area contributed by atoms with Crippen molar-refractivity contribution >= 4 is 18.3 Å². The van der Waals surface area contributed by atoms with Crippen LogP contribution in [0.25, 0.3) is 0 Å². The van der Waals surface area contributed by atoms with Crippen molar-refractivity contribution in [3.8, 4) is 0 Å². The summed E-state index contributed by atoms with van der Waals surface area (Å²) in [5, 5.41) is 3.28. The van der Waals surface area contributed by atoms with Crippen LogP contribution in [-0.2, 0) is 4.79 Å². The fraction of sp³-hybridized carbons (Fsp3) is 0.500. The van der Waals surface area contributed by atoms with Crippen LogP contribution in [0.2, 0.25) is 0 Å². The molecule has 0 radical (unpaired) electrons. The first-order chi connectivity index (χ1) is 8.75. The first-order valence-corrected chi connectivity index (χ1v) is 6.52. The van der Waals surface area contributed by atoms with Crippen LogP contribution in [0.3, 0.4) is 0 Å². The maximum Gasteiger partial charge on any atom is 0.226 e. The molecule has 0 aromatic heterocycles. The second-order valence-corrected chi connectivity index (χ2v) is 5.08. The van der Waals surface area contributed by atoms with Crippen molar-refractivity contribution in [1.82, 2.24) is 10.2 Å². The van der Waals surface area contributed by atoms with Gasteiger partial charge >= 0.3 is 0 Å². The molecule has 3 nitrogen and oxygen atoms in total. The fourth-order valence-electron chi connectivity index (χ4n) is 2.54. The molecule has 1 N–H and O–H groups in total. The highest BCUT2D eigenvalue weighted by molar-refractivity contribution is 5.85. The SMILES string of the molecule is Cl.O=C(C1CC1)N1CCNCC1c1cccc(F)c1. The third kappa shape index (κ3) is 3.07. The summed E-state index contributed by atoms with van der Waals surface area (Å²) in [4.78, 5) is 14.2. The lowest BCUT2D eigenvalue weighted by Crippen LogP contribution is -2.49. The molecule has 1 saturated carbocycles. The van der Waals surface area contributed by atoms with Crippen LogP contribution < -0.4 is 5.32 Å². The van der Waals surface area contributed by atoms with Crippen LogP contribution in [0, 0.1) is 11.7 Å². The molecule has 5 heteroatoms. The average molecular weight is 285 g/mol. The molecule has 1 saturated heterocycles. The first kappa shape index (κ1) is 14.3. The highest BCUT2D eigenvalue weighted by Crippen LogP contribution is 2.34. The third-order valence-corrected chi connectivity index (χ3v) is 3.69. The molecular formula is C14H18ClFN2O. The maximum absolute atomic E-state index is 13.3. The Morgan fingerprint density at radius 1 is 1.37 bits per heavy atom. The van der Waals surface area contributed by atoms with E-state index in [9.17, 15) is 9.18 Å². The molecular weight excluding hydrogens is 267 g/mol. The van der Waals surface area contributed by atoms with E-state index in [4.69, 9.17) is 0 Å². The molecule has 1 aromatic rings. The molecule has 104 valence electrons. The number of piperazine rings is 1. The second-order valence-electron chi connectivity index (χ2n) is 5.08. The summed E-state index contributed by atoms with van der Waals surface area (Å²) < 4.78 is 13.3. The Morgan fingerprint density at radius 2 is 2.16 bits per heavy atom. The van der Waals surface area contributed by atoms with E-state index < -0.39 is 0 Å². The molecule has 1 aliphatic heterocycles. The van der Waals surface area contributed by atoms with Crippen LogP contribution in [0.5, 0.6) is 0 Å². The molecule has 1 aliphatic carbocycles. The minimum Gasteiger partial charge on any atom is -0.333 e. The normalized spacial score (nSPS) is 22.8. The van der Waals surface area contributed by atoms with E-state index in [1.54, 1.807) is 6.07 Å². The standard InChI is InChI=1S/C14H17FN2O.ClH/c15-12-3-1-2-11(8-12)13-9-16-6-7-17(13)14(18)10-4-5-10;/h1-3,8,10,13,16H,4-7,9H2;1H. The Kier molecular flexibility index (Phi) is 4.42. The van der Waals surface area contributed by atoms with E-state index in [-0.39, 0.29) is 36.1 Å². The van der Waals surface area contributed by atoms with E-state index >= 15 is 0 Å². The number of amides is 1. The molecule has 1 amide bonds. The van der Waals surface area contributed by atoms with E-state index in [0.29, 0.717) is 6.54 Å². The van der Waals surface area contributed by atoms with Crippen molar-refractivity contribution in [2.75, 3.05) is 19.6 Å². The number of hydrogen-bond donors (Lipinski definition) is 1. The van der Waals surface area contributed by atoms with Gasteiger partial charge < -0.3 is 10.2 Å².